The monoisotopic (exact) mass is 673 g/mol. The number of ether oxygens (including phenoxy) is 1. The summed E-state index contributed by atoms with van der Waals surface area (Å²) in [5.74, 6) is -0.532. The van der Waals surface area contributed by atoms with Crippen LogP contribution in [0, 0.1) is 0 Å². The van der Waals surface area contributed by atoms with E-state index in [2.05, 4.69) is 43.5 Å². The Balaban J connectivity index is 3.65. The molecule has 9 nitrogen and oxygen atoms in total. The quantitative estimate of drug-likeness (QED) is 0.0267. The van der Waals surface area contributed by atoms with Crippen LogP contribution >= 0.6 is 7.82 Å². The Morgan fingerprint density at radius 1 is 0.674 bits per heavy atom. The number of esters is 1. The summed E-state index contributed by atoms with van der Waals surface area (Å²) in [5.41, 5.74) is 0. The summed E-state index contributed by atoms with van der Waals surface area (Å²) < 4.78 is 26.7. The summed E-state index contributed by atoms with van der Waals surface area (Å²) in [5, 5.41) is 12.6. The molecule has 0 aliphatic heterocycles. The van der Waals surface area contributed by atoms with E-state index < -0.39 is 26.5 Å². The third-order valence-corrected chi connectivity index (χ3v) is 8.62. The number of aliphatic hydroxyl groups excluding tert-OH is 1. The molecule has 1 amide bonds. The van der Waals surface area contributed by atoms with Crippen LogP contribution in [0.4, 0.5) is 0 Å². The van der Waals surface area contributed by atoms with Gasteiger partial charge in [-0.05, 0) is 44.9 Å². The van der Waals surface area contributed by atoms with Crippen LogP contribution < -0.4 is 5.32 Å². The van der Waals surface area contributed by atoms with E-state index in [-0.39, 0.29) is 32.1 Å². The lowest BCUT2D eigenvalue weighted by Gasteiger charge is -2.15. The second-order valence-corrected chi connectivity index (χ2v) is 13.7. The minimum absolute atomic E-state index is 0.0755. The number of hydrogen-bond acceptors (Lipinski definition) is 7. The zero-order valence-corrected chi connectivity index (χ0v) is 30.2. The van der Waals surface area contributed by atoms with Crippen LogP contribution in [-0.2, 0) is 27.9 Å². The highest BCUT2D eigenvalue weighted by Crippen LogP contribution is 2.42. The molecular formula is C36H68NO8P. The van der Waals surface area contributed by atoms with Crippen LogP contribution in [0.15, 0.2) is 24.3 Å². The molecule has 2 atom stereocenters. The van der Waals surface area contributed by atoms with E-state index in [0.717, 1.165) is 64.2 Å². The number of allylic oxidation sites excluding steroid dienone is 4. The SMILES string of the molecule is CCCCC/C=C\C/C=C\CCCCCCCC(=O)NCCOP(=O)(O)OCC(O)COC(=O)CCCCCCCCCCCC. The lowest BCUT2D eigenvalue weighted by atomic mass is 10.1. The van der Waals surface area contributed by atoms with E-state index in [1.54, 1.807) is 0 Å². The molecule has 0 aliphatic rings. The number of carbonyl (C=O) groups excluding carboxylic acids is 2. The lowest BCUT2D eigenvalue weighted by Crippen LogP contribution is -2.27. The van der Waals surface area contributed by atoms with Crippen LogP contribution in [0.25, 0.3) is 0 Å². The zero-order valence-electron chi connectivity index (χ0n) is 29.3. The van der Waals surface area contributed by atoms with Gasteiger partial charge in [-0.25, -0.2) is 4.57 Å². The number of nitrogens with one attached hydrogen (secondary N) is 1. The molecule has 2 unspecified atom stereocenters. The standard InChI is InChI=1S/C36H68NO8P/c1-3-5-7-9-11-13-15-16-17-18-19-20-22-24-26-28-35(39)37-30-31-44-46(41,42)45-33-34(38)32-43-36(40)29-27-25-23-21-14-12-10-8-6-4-2/h11,13,16-17,34,38H,3-10,12,14-15,18-33H2,1-2H3,(H,37,39)(H,41,42)/b13-11-,17-16-. The van der Waals surface area contributed by atoms with E-state index in [4.69, 9.17) is 13.8 Å². The molecule has 270 valence electrons. The number of rotatable bonds is 34. The molecule has 0 aliphatic carbocycles. The number of unbranched alkanes of at least 4 members (excludes halogenated alkanes) is 17. The molecule has 0 spiro atoms. The van der Waals surface area contributed by atoms with Gasteiger partial charge in [0, 0.05) is 19.4 Å². The van der Waals surface area contributed by atoms with Gasteiger partial charge in [0.25, 0.3) is 0 Å². The van der Waals surface area contributed by atoms with Gasteiger partial charge in [-0.2, -0.15) is 0 Å². The molecule has 0 fully saturated rings. The molecule has 0 rings (SSSR count). The van der Waals surface area contributed by atoms with Crippen LogP contribution in [-0.4, -0.2) is 54.3 Å². The minimum atomic E-state index is -4.41. The lowest BCUT2D eigenvalue weighted by molar-refractivity contribution is -0.147. The van der Waals surface area contributed by atoms with E-state index >= 15 is 0 Å². The first-order chi connectivity index (χ1) is 22.3. The van der Waals surface area contributed by atoms with Crippen molar-refractivity contribution < 1.29 is 37.9 Å². The summed E-state index contributed by atoms with van der Waals surface area (Å²) in [6.07, 6.45) is 32.5. The second-order valence-electron chi connectivity index (χ2n) is 12.2. The summed E-state index contributed by atoms with van der Waals surface area (Å²) in [4.78, 5) is 33.7. The molecule has 0 aromatic rings. The Morgan fingerprint density at radius 2 is 1.17 bits per heavy atom. The molecule has 0 saturated carbocycles. The third kappa shape index (κ3) is 33.8. The Kier molecular flexibility index (Phi) is 32.3. The maximum atomic E-state index is 12.0. The zero-order chi connectivity index (χ0) is 34.0. The first-order valence-corrected chi connectivity index (χ1v) is 19.8. The fourth-order valence-corrected chi connectivity index (χ4v) is 5.58. The van der Waals surface area contributed by atoms with Crippen molar-refractivity contribution >= 4 is 19.7 Å². The Hall–Kier alpha value is -1.51. The number of carbonyl (C=O) groups is 2. The van der Waals surface area contributed by atoms with Crippen molar-refractivity contribution in [3.63, 3.8) is 0 Å². The van der Waals surface area contributed by atoms with Crippen molar-refractivity contribution in [3.05, 3.63) is 24.3 Å². The molecule has 3 N–H and O–H groups in total. The van der Waals surface area contributed by atoms with Crippen molar-refractivity contribution in [1.29, 1.82) is 0 Å². The molecule has 46 heavy (non-hydrogen) atoms. The fraction of sp³-hybridized carbons (Fsp3) is 0.833. The van der Waals surface area contributed by atoms with Crippen molar-refractivity contribution in [1.82, 2.24) is 5.32 Å². The molecule has 0 bridgehead atoms. The molecule has 0 heterocycles. The van der Waals surface area contributed by atoms with Gasteiger partial charge in [-0.15, -0.1) is 0 Å². The Morgan fingerprint density at radius 3 is 1.78 bits per heavy atom. The largest absolute Gasteiger partial charge is 0.472 e. The number of phosphoric ester groups is 1. The smallest absolute Gasteiger partial charge is 0.463 e. The first kappa shape index (κ1) is 44.5. The number of hydrogen-bond donors (Lipinski definition) is 3. The highest BCUT2D eigenvalue weighted by molar-refractivity contribution is 7.47. The number of aliphatic hydroxyl groups is 1. The maximum Gasteiger partial charge on any atom is 0.472 e. The summed E-state index contributed by atoms with van der Waals surface area (Å²) in [6.45, 7) is 3.48. The van der Waals surface area contributed by atoms with E-state index in [0.29, 0.717) is 6.42 Å². The Bertz CT molecular complexity index is 820. The van der Waals surface area contributed by atoms with Gasteiger partial charge in [0.2, 0.25) is 5.91 Å². The van der Waals surface area contributed by atoms with Crippen molar-refractivity contribution in [2.24, 2.45) is 0 Å². The van der Waals surface area contributed by atoms with Crippen LogP contribution in [0.2, 0.25) is 0 Å². The van der Waals surface area contributed by atoms with Crippen molar-refractivity contribution in [2.45, 2.75) is 168 Å². The summed E-state index contributed by atoms with van der Waals surface area (Å²) in [6, 6.07) is 0. The average molecular weight is 674 g/mol. The fourth-order valence-electron chi connectivity index (χ4n) is 4.82. The average Bonchev–Trinajstić information content (AvgIpc) is 3.04. The van der Waals surface area contributed by atoms with Crippen LogP contribution in [0.1, 0.15) is 162 Å². The molecule has 0 saturated heterocycles. The first-order valence-electron chi connectivity index (χ1n) is 18.3. The van der Waals surface area contributed by atoms with Gasteiger partial charge in [-0.3, -0.25) is 18.6 Å². The third-order valence-electron chi connectivity index (χ3n) is 7.63. The molecule has 0 aromatic heterocycles. The van der Waals surface area contributed by atoms with Crippen molar-refractivity contribution in [3.8, 4) is 0 Å². The molecule has 0 radical (unpaired) electrons. The van der Waals surface area contributed by atoms with Crippen LogP contribution in [0.5, 0.6) is 0 Å². The highest BCUT2D eigenvalue weighted by Gasteiger charge is 2.23. The Labute approximate surface area is 280 Å². The van der Waals surface area contributed by atoms with E-state index in [1.807, 2.05) is 0 Å². The summed E-state index contributed by atoms with van der Waals surface area (Å²) >= 11 is 0. The predicted molar refractivity (Wildman–Crippen MR) is 188 cm³/mol. The van der Waals surface area contributed by atoms with Crippen molar-refractivity contribution in [2.75, 3.05) is 26.4 Å². The molecule has 0 aromatic carbocycles. The highest BCUT2D eigenvalue weighted by atomic mass is 31.2. The number of amides is 1. The normalized spacial score (nSPS) is 13.7. The second kappa shape index (κ2) is 33.4. The molecular weight excluding hydrogens is 605 g/mol. The topological polar surface area (TPSA) is 131 Å². The predicted octanol–water partition coefficient (Wildman–Crippen LogP) is 9.26. The van der Waals surface area contributed by atoms with Gasteiger partial charge in [0.05, 0.1) is 13.2 Å². The number of phosphoric acid groups is 1. The molecule has 10 heteroatoms. The van der Waals surface area contributed by atoms with Gasteiger partial charge in [-0.1, -0.05) is 128 Å². The summed E-state index contributed by atoms with van der Waals surface area (Å²) in [7, 11) is -4.41. The van der Waals surface area contributed by atoms with E-state index in [9.17, 15) is 24.2 Å². The van der Waals surface area contributed by atoms with Gasteiger partial charge in [0.15, 0.2) is 0 Å². The van der Waals surface area contributed by atoms with Gasteiger partial charge < -0.3 is 20.1 Å². The minimum Gasteiger partial charge on any atom is -0.463 e. The van der Waals surface area contributed by atoms with Crippen LogP contribution in [0.3, 0.4) is 0 Å². The van der Waals surface area contributed by atoms with Gasteiger partial charge in [0.1, 0.15) is 12.7 Å². The van der Waals surface area contributed by atoms with E-state index in [1.165, 1.54) is 70.6 Å². The van der Waals surface area contributed by atoms with Gasteiger partial charge >= 0.3 is 13.8 Å². The maximum absolute atomic E-state index is 12.0.